The minimum atomic E-state index is -0.0490. The molecule has 0 bridgehead atoms. The Balaban J connectivity index is 1.65. The number of carbonyl (C=O) groups excluding carboxylic acids is 1. The Labute approximate surface area is 187 Å². The number of aromatic nitrogens is 2. The minimum Gasteiger partial charge on any atom is -0.337 e. The van der Waals surface area contributed by atoms with Crippen molar-refractivity contribution in [3.8, 4) is 6.07 Å². The lowest BCUT2D eigenvalue weighted by atomic mass is 10.0. The van der Waals surface area contributed by atoms with Gasteiger partial charge < -0.3 is 4.90 Å². The lowest BCUT2D eigenvalue weighted by molar-refractivity contribution is 0.0648. The second-order valence-corrected chi connectivity index (χ2v) is 8.45. The maximum absolute atomic E-state index is 13.1. The molecule has 1 aliphatic rings. The zero-order valence-electron chi connectivity index (χ0n) is 17.2. The molecule has 0 unspecified atom stereocenters. The summed E-state index contributed by atoms with van der Waals surface area (Å²) >= 11 is 12.1. The van der Waals surface area contributed by atoms with Crippen molar-refractivity contribution in [1.82, 2.24) is 19.8 Å². The quantitative estimate of drug-likeness (QED) is 0.629. The molecule has 2 heterocycles. The van der Waals surface area contributed by atoms with Crippen molar-refractivity contribution in [2.75, 3.05) is 26.7 Å². The van der Waals surface area contributed by atoms with E-state index >= 15 is 0 Å². The van der Waals surface area contributed by atoms with Gasteiger partial charge in [0.15, 0.2) is 0 Å². The van der Waals surface area contributed by atoms with Crippen LogP contribution in [0.15, 0.2) is 24.5 Å². The Hall–Kier alpha value is -2.20. The number of hydrogen-bond acceptors (Lipinski definition) is 5. The molecular weight excluding hydrogens is 421 g/mol. The normalized spacial score (nSPS) is 14.7. The fourth-order valence-electron chi connectivity index (χ4n) is 3.81. The summed E-state index contributed by atoms with van der Waals surface area (Å²) < 4.78 is 0. The van der Waals surface area contributed by atoms with Crippen molar-refractivity contribution in [2.24, 2.45) is 0 Å². The first-order valence-electron chi connectivity index (χ1n) is 10.0. The molecule has 1 aromatic heterocycles. The van der Waals surface area contributed by atoms with Crippen LogP contribution in [0.5, 0.6) is 0 Å². The Bertz CT molecular complexity index is 951. The third-order valence-electron chi connectivity index (χ3n) is 5.72. The summed E-state index contributed by atoms with van der Waals surface area (Å²) in [6, 6.07) is 8.12. The van der Waals surface area contributed by atoms with E-state index in [0.29, 0.717) is 47.8 Å². The summed E-state index contributed by atoms with van der Waals surface area (Å²) in [7, 11) is 1.96. The van der Waals surface area contributed by atoms with Crippen molar-refractivity contribution in [3.05, 3.63) is 57.1 Å². The van der Waals surface area contributed by atoms with Gasteiger partial charge in [0, 0.05) is 30.4 Å². The molecule has 1 aliphatic heterocycles. The predicted octanol–water partition coefficient (Wildman–Crippen LogP) is 3.94. The highest BCUT2D eigenvalue weighted by Crippen LogP contribution is 2.24. The van der Waals surface area contributed by atoms with E-state index in [9.17, 15) is 4.79 Å². The van der Waals surface area contributed by atoms with Crippen LogP contribution < -0.4 is 0 Å². The molecule has 2 aromatic rings. The second kappa shape index (κ2) is 10.2. The van der Waals surface area contributed by atoms with Gasteiger partial charge in [-0.25, -0.2) is 9.97 Å². The zero-order chi connectivity index (χ0) is 21.7. The SMILES string of the molecule is Cc1c(CCc2ccc(Cl)c(Cl)c2)ncnc1C(=O)N1CCC(N(C)CC#N)CC1. The number of nitrogens with zero attached hydrogens (tertiary/aromatic N) is 5. The van der Waals surface area contributed by atoms with Gasteiger partial charge in [-0.2, -0.15) is 5.26 Å². The van der Waals surface area contributed by atoms with Gasteiger partial charge in [-0.3, -0.25) is 9.69 Å². The predicted molar refractivity (Wildman–Crippen MR) is 118 cm³/mol. The van der Waals surface area contributed by atoms with Crippen LogP contribution >= 0.6 is 23.2 Å². The van der Waals surface area contributed by atoms with Gasteiger partial charge in [-0.15, -0.1) is 0 Å². The number of benzene rings is 1. The molecule has 0 N–H and O–H groups in total. The molecule has 30 heavy (non-hydrogen) atoms. The van der Waals surface area contributed by atoms with Crippen LogP contribution in [0.25, 0.3) is 0 Å². The summed E-state index contributed by atoms with van der Waals surface area (Å²) in [5, 5.41) is 9.94. The Morgan fingerprint density at radius 2 is 1.97 bits per heavy atom. The van der Waals surface area contributed by atoms with Crippen LogP contribution in [0.4, 0.5) is 0 Å². The van der Waals surface area contributed by atoms with Gasteiger partial charge >= 0.3 is 0 Å². The number of aryl methyl sites for hydroxylation is 2. The standard InChI is InChI=1S/C22H25Cl2N5O/c1-15-20(6-4-16-3-5-18(23)19(24)13-16)26-14-27-21(15)22(30)29-10-7-17(8-11-29)28(2)12-9-25/h3,5,13-14,17H,4,6-8,10-12H2,1-2H3. The third kappa shape index (κ3) is 5.28. The molecule has 1 amide bonds. The highest BCUT2D eigenvalue weighted by Gasteiger charge is 2.27. The van der Waals surface area contributed by atoms with E-state index in [4.69, 9.17) is 28.5 Å². The van der Waals surface area contributed by atoms with Crippen LogP contribution in [0.2, 0.25) is 10.0 Å². The highest BCUT2D eigenvalue weighted by molar-refractivity contribution is 6.42. The van der Waals surface area contributed by atoms with Crippen LogP contribution in [0.3, 0.4) is 0 Å². The molecule has 1 saturated heterocycles. The van der Waals surface area contributed by atoms with E-state index in [2.05, 4.69) is 20.9 Å². The van der Waals surface area contributed by atoms with E-state index in [1.807, 2.05) is 31.0 Å². The Morgan fingerprint density at radius 3 is 2.63 bits per heavy atom. The van der Waals surface area contributed by atoms with Crippen LogP contribution in [-0.2, 0) is 12.8 Å². The number of piperidine rings is 1. The van der Waals surface area contributed by atoms with Gasteiger partial charge in [-0.05, 0) is 57.4 Å². The minimum absolute atomic E-state index is 0.0490. The van der Waals surface area contributed by atoms with Gasteiger partial charge in [0.25, 0.3) is 5.91 Å². The number of halogens is 2. The molecule has 0 saturated carbocycles. The number of hydrogen-bond donors (Lipinski definition) is 0. The molecule has 0 aliphatic carbocycles. The molecular formula is C22H25Cl2N5O. The van der Waals surface area contributed by atoms with Gasteiger partial charge in [0.2, 0.25) is 0 Å². The first kappa shape index (κ1) is 22.5. The second-order valence-electron chi connectivity index (χ2n) is 7.64. The largest absolute Gasteiger partial charge is 0.337 e. The first-order valence-corrected chi connectivity index (χ1v) is 10.8. The average Bonchev–Trinajstić information content (AvgIpc) is 2.75. The zero-order valence-corrected chi connectivity index (χ0v) is 18.7. The summed E-state index contributed by atoms with van der Waals surface area (Å²) in [4.78, 5) is 25.7. The van der Waals surface area contributed by atoms with E-state index in [1.165, 1.54) is 6.33 Å². The van der Waals surface area contributed by atoms with Crippen molar-refractivity contribution < 1.29 is 4.79 Å². The average molecular weight is 446 g/mol. The Kier molecular flexibility index (Phi) is 7.65. The lowest BCUT2D eigenvalue weighted by Crippen LogP contribution is -2.46. The lowest BCUT2D eigenvalue weighted by Gasteiger charge is -2.35. The fraction of sp³-hybridized carbons (Fsp3) is 0.455. The van der Waals surface area contributed by atoms with E-state index in [1.54, 1.807) is 6.07 Å². The first-order chi connectivity index (χ1) is 14.4. The number of carbonyl (C=O) groups is 1. The van der Waals surface area contributed by atoms with E-state index in [0.717, 1.165) is 36.1 Å². The number of nitriles is 1. The molecule has 158 valence electrons. The summed E-state index contributed by atoms with van der Waals surface area (Å²) in [6.07, 6.45) is 4.63. The highest BCUT2D eigenvalue weighted by atomic mass is 35.5. The summed E-state index contributed by atoms with van der Waals surface area (Å²) in [5.74, 6) is -0.0490. The molecule has 0 atom stereocenters. The maximum atomic E-state index is 13.1. The molecule has 0 spiro atoms. The number of rotatable bonds is 6. The molecule has 0 radical (unpaired) electrons. The van der Waals surface area contributed by atoms with Crippen LogP contribution in [-0.4, -0.2) is 58.4 Å². The van der Waals surface area contributed by atoms with Crippen molar-refractivity contribution in [2.45, 2.75) is 38.6 Å². The fourth-order valence-corrected chi connectivity index (χ4v) is 4.13. The summed E-state index contributed by atoms with van der Waals surface area (Å²) in [6.45, 7) is 3.65. The third-order valence-corrected chi connectivity index (χ3v) is 6.46. The van der Waals surface area contributed by atoms with Crippen molar-refractivity contribution in [3.63, 3.8) is 0 Å². The molecule has 1 aromatic carbocycles. The van der Waals surface area contributed by atoms with Gasteiger partial charge in [0.05, 0.1) is 22.7 Å². The van der Waals surface area contributed by atoms with Crippen LogP contribution in [0, 0.1) is 18.3 Å². The van der Waals surface area contributed by atoms with Crippen molar-refractivity contribution >= 4 is 29.1 Å². The van der Waals surface area contributed by atoms with Crippen molar-refractivity contribution in [1.29, 1.82) is 5.26 Å². The molecule has 6 nitrogen and oxygen atoms in total. The number of amides is 1. The topological polar surface area (TPSA) is 73.1 Å². The molecule has 1 fully saturated rings. The maximum Gasteiger partial charge on any atom is 0.272 e. The van der Waals surface area contributed by atoms with E-state index in [-0.39, 0.29) is 5.91 Å². The number of likely N-dealkylation sites (tertiary alicyclic amines) is 1. The smallest absolute Gasteiger partial charge is 0.272 e. The summed E-state index contributed by atoms with van der Waals surface area (Å²) in [5.41, 5.74) is 3.23. The van der Waals surface area contributed by atoms with Gasteiger partial charge in [0.1, 0.15) is 12.0 Å². The van der Waals surface area contributed by atoms with E-state index < -0.39 is 0 Å². The van der Waals surface area contributed by atoms with Crippen LogP contribution in [0.1, 0.15) is 40.2 Å². The monoisotopic (exact) mass is 445 g/mol. The van der Waals surface area contributed by atoms with Gasteiger partial charge in [-0.1, -0.05) is 29.3 Å². The molecule has 3 rings (SSSR count). The molecule has 8 heteroatoms. The Morgan fingerprint density at radius 1 is 1.23 bits per heavy atom.